The molecule has 4 heteroatoms. The van der Waals surface area contributed by atoms with Crippen LogP contribution in [0, 0.1) is 0 Å². The molecule has 0 saturated carbocycles. The van der Waals surface area contributed by atoms with Crippen LogP contribution in [0.2, 0.25) is 0 Å². The molecule has 1 aromatic heterocycles. The number of nitrogens with zero attached hydrogens (tertiary/aromatic N) is 1. The predicted octanol–water partition coefficient (Wildman–Crippen LogP) is 1.87. The molecule has 0 amide bonds. The van der Waals surface area contributed by atoms with Gasteiger partial charge in [-0.05, 0) is 13.3 Å². The van der Waals surface area contributed by atoms with Crippen LogP contribution in [0.25, 0.3) is 0 Å². The molecule has 12 heavy (non-hydrogen) atoms. The highest BCUT2D eigenvalue weighted by atomic mass is 32.2. The van der Waals surface area contributed by atoms with Crippen LogP contribution < -0.4 is 0 Å². The van der Waals surface area contributed by atoms with Crippen molar-refractivity contribution in [2.45, 2.75) is 24.9 Å². The number of aromatic nitrogens is 2. The van der Waals surface area contributed by atoms with E-state index < -0.39 is 0 Å². The lowest BCUT2D eigenvalue weighted by Gasteiger charge is -1.95. The molecule has 0 fully saturated rings. The van der Waals surface area contributed by atoms with Gasteiger partial charge in [0.05, 0.1) is 0 Å². The normalized spacial score (nSPS) is 10.1. The number of aromatic amines is 1. The summed E-state index contributed by atoms with van der Waals surface area (Å²) in [5, 5.41) is 0.929. The summed E-state index contributed by atoms with van der Waals surface area (Å²) in [4.78, 5) is 17.6. The van der Waals surface area contributed by atoms with Crippen molar-refractivity contribution < 1.29 is 4.79 Å². The van der Waals surface area contributed by atoms with Gasteiger partial charge in [0, 0.05) is 24.6 Å². The minimum atomic E-state index is 0.259. The molecule has 0 aliphatic heterocycles. The number of imidazole rings is 1. The Bertz CT molecular complexity index is 233. The second-order valence-corrected chi connectivity index (χ2v) is 3.63. The maximum atomic E-state index is 10.6. The minimum absolute atomic E-state index is 0.259. The van der Waals surface area contributed by atoms with E-state index in [1.807, 2.05) is 0 Å². The van der Waals surface area contributed by atoms with E-state index in [2.05, 4.69) is 9.97 Å². The Labute approximate surface area is 76.0 Å². The maximum absolute atomic E-state index is 10.6. The fourth-order valence-electron chi connectivity index (χ4n) is 0.820. The summed E-state index contributed by atoms with van der Waals surface area (Å²) in [5.41, 5.74) is 0. The number of hydrogen-bond acceptors (Lipinski definition) is 3. The van der Waals surface area contributed by atoms with Gasteiger partial charge in [0.25, 0.3) is 0 Å². The van der Waals surface area contributed by atoms with E-state index in [-0.39, 0.29) is 5.78 Å². The number of ketones is 1. The summed E-state index contributed by atoms with van der Waals surface area (Å²) in [6.07, 6.45) is 5.13. The highest BCUT2D eigenvalue weighted by molar-refractivity contribution is 7.99. The minimum Gasteiger partial charge on any atom is -0.340 e. The van der Waals surface area contributed by atoms with Crippen LogP contribution in [0.3, 0.4) is 0 Å². The molecule has 0 spiro atoms. The molecular formula is C8H12N2OS. The molecular weight excluding hydrogens is 172 g/mol. The molecule has 1 rings (SSSR count). The van der Waals surface area contributed by atoms with E-state index in [4.69, 9.17) is 0 Å². The molecule has 1 N–H and O–H groups in total. The van der Waals surface area contributed by atoms with E-state index >= 15 is 0 Å². The lowest BCUT2D eigenvalue weighted by Crippen LogP contribution is -1.90. The summed E-state index contributed by atoms with van der Waals surface area (Å²) in [7, 11) is 0. The Hall–Kier alpha value is -0.770. The summed E-state index contributed by atoms with van der Waals surface area (Å²) < 4.78 is 0. The van der Waals surface area contributed by atoms with Gasteiger partial charge < -0.3 is 9.78 Å². The average molecular weight is 184 g/mol. The second kappa shape index (κ2) is 4.98. The second-order valence-electron chi connectivity index (χ2n) is 2.55. The monoisotopic (exact) mass is 184 g/mol. The highest BCUT2D eigenvalue weighted by Crippen LogP contribution is 2.13. The first kappa shape index (κ1) is 9.32. The van der Waals surface area contributed by atoms with Crippen molar-refractivity contribution in [3.05, 3.63) is 12.4 Å². The van der Waals surface area contributed by atoms with Crippen molar-refractivity contribution >= 4 is 17.5 Å². The molecule has 0 atom stereocenters. The highest BCUT2D eigenvalue weighted by Gasteiger charge is 1.96. The zero-order valence-electron chi connectivity index (χ0n) is 7.04. The van der Waals surface area contributed by atoms with Crippen molar-refractivity contribution in [3.8, 4) is 0 Å². The molecule has 0 bridgehead atoms. The smallest absolute Gasteiger partial charge is 0.165 e. The van der Waals surface area contributed by atoms with Crippen LogP contribution >= 0.6 is 11.8 Å². The van der Waals surface area contributed by atoms with Crippen LogP contribution in [-0.2, 0) is 4.79 Å². The van der Waals surface area contributed by atoms with Gasteiger partial charge in [0.15, 0.2) is 5.16 Å². The van der Waals surface area contributed by atoms with E-state index in [0.29, 0.717) is 6.42 Å². The predicted molar refractivity (Wildman–Crippen MR) is 49.2 cm³/mol. The van der Waals surface area contributed by atoms with Gasteiger partial charge >= 0.3 is 0 Å². The molecule has 0 aliphatic carbocycles. The maximum Gasteiger partial charge on any atom is 0.165 e. The van der Waals surface area contributed by atoms with Crippen LogP contribution in [0.5, 0.6) is 0 Å². The molecule has 3 nitrogen and oxygen atoms in total. The zero-order chi connectivity index (χ0) is 8.81. The Morgan fingerprint density at radius 1 is 1.75 bits per heavy atom. The van der Waals surface area contributed by atoms with Crippen molar-refractivity contribution in [2.75, 3.05) is 5.75 Å². The molecule has 1 aromatic rings. The Balaban J connectivity index is 2.07. The van der Waals surface area contributed by atoms with Crippen molar-refractivity contribution in [3.63, 3.8) is 0 Å². The molecule has 0 radical (unpaired) electrons. The fraction of sp³-hybridized carbons (Fsp3) is 0.500. The zero-order valence-corrected chi connectivity index (χ0v) is 7.86. The summed E-state index contributed by atoms with van der Waals surface area (Å²) >= 11 is 1.65. The third-order valence-electron chi connectivity index (χ3n) is 1.39. The van der Waals surface area contributed by atoms with Crippen molar-refractivity contribution in [1.29, 1.82) is 0 Å². The Morgan fingerprint density at radius 2 is 2.58 bits per heavy atom. The number of nitrogens with one attached hydrogen (secondary N) is 1. The summed E-state index contributed by atoms with van der Waals surface area (Å²) in [6.45, 7) is 1.62. The Kier molecular flexibility index (Phi) is 3.87. The van der Waals surface area contributed by atoms with E-state index in [1.165, 1.54) is 0 Å². The molecule has 0 aromatic carbocycles. The van der Waals surface area contributed by atoms with Gasteiger partial charge in [-0.15, -0.1) is 0 Å². The van der Waals surface area contributed by atoms with E-state index in [0.717, 1.165) is 17.3 Å². The number of rotatable bonds is 5. The standard InChI is InChI=1S/C8H12N2OS/c1-7(11)3-2-6-12-8-9-4-5-10-8/h4-5H,2-3,6H2,1H3,(H,9,10). The number of Topliss-reactive ketones (excluding diaryl/α,β-unsaturated/α-hetero) is 1. The van der Waals surface area contributed by atoms with Gasteiger partial charge in [0.2, 0.25) is 0 Å². The Morgan fingerprint density at radius 3 is 3.17 bits per heavy atom. The third-order valence-corrected chi connectivity index (χ3v) is 2.37. The van der Waals surface area contributed by atoms with Gasteiger partial charge in [0.1, 0.15) is 5.78 Å². The SMILES string of the molecule is CC(=O)CCCSc1ncc[nH]1. The first-order valence-corrected chi connectivity index (χ1v) is 4.89. The topological polar surface area (TPSA) is 45.8 Å². The summed E-state index contributed by atoms with van der Waals surface area (Å²) in [6, 6.07) is 0. The molecule has 0 unspecified atom stereocenters. The first-order valence-electron chi connectivity index (χ1n) is 3.90. The number of H-pyrrole nitrogens is 1. The largest absolute Gasteiger partial charge is 0.340 e. The summed E-state index contributed by atoms with van der Waals surface area (Å²) in [5.74, 6) is 1.21. The lowest BCUT2D eigenvalue weighted by atomic mass is 10.3. The van der Waals surface area contributed by atoms with Crippen molar-refractivity contribution in [1.82, 2.24) is 9.97 Å². The van der Waals surface area contributed by atoms with Crippen molar-refractivity contribution in [2.24, 2.45) is 0 Å². The van der Waals surface area contributed by atoms with E-state index in [1.54, 1.807) is 31.1 Å². The number of hydrogen-bond donors (Lipinski definition) is 1. The van der Waals surface area contributed by atoms with Crippen LogP contribution in [-0.4, -0.2) is 21.5 Å². The fourth-order valence-corrected chi connectivity index (χ4v) is 1.59. The molecule has 1 heterocycles. The van der Waals surface area contributed by atoms with Gasteiger partial charge in [-0.3, -0.25) is 0 Å². The third kappa shape index (κ3) is 3.57. The lowest BCUT2D eigenvalue weighted by molar-refractivity contribution is -0.117. The molecule has 66 valence electrons. The average Bonchev–Trinajstić information content (AvgIpc) is 2.49. The number of carbonyl (C=O) groups is 1. The number of thioether (sulfide) groups is 1. The van der Waals surface area contributed by atoms with E-state index in [9.17, 15) is 4.79 Å². The van der Waals surface area contributed by atoms with Gasteiger partial charge in [-0.2, -0.15) is 0 Å². The van der Waals surface area contributed by atoms with Crippen LogP contribution in [0.4, 0.5) is 0 Å². The molecule has 0 saturated heterocycles. The molecule has 0 aliphatic rings. The van der Waals surface area contributed by atoms with Crippen LogP contribution in [0.1, 0.15) is 19.8 Å². The van der Waals surface area contributed by atoms with Gasteiger partial charge in [-0.1, -0.05) is 11.8 Å². The number of carbonyl (C=O) groups excluding carboxylic acids is 1. The first-order chi connectivity index (χ1) is 5.79. The quantitative estimate of drug-likeness (QED) is 0.561. The van der Waals surface area contributed by atoms with Crippen LogP contribution in [0.15, 0.2) is 17.6 Å². The van der Waals surface area contributed by atoms with Gasteiger partial charge in [-0.25, -0.2) is 4.98 Å².